The molecule has 0 spiro atoms. The zero-order valence-corrected chi connectivity index (χ0v) is 11.5. The second-order valence-electron chi connectivity index (χ2n) is 4.24. The van der Waals surface area contributed by atoms with Crippen LogP contribution >= 0.6 is 0 Å². The number of aliphatic hydroxyl groups is 1. The molecule has 0 unspecified atom stereocenters. The molecule has 0 aliphatic carbocycles. The summed E-state index contributed by atoms with van der Waals surface area (Å²) in [7, 11) is 0. The SMILES string of the molecule is C=CCOC(=O)N[C@@H](CO)CCOCc1ccccc1. The van der Waals surface area contributed by atoms with E-state index in [2.05, 4.69) is 11.9 Å². The highest BCUT2D eigenvalue weighted by molar-refractivity contribution is 5.67. The van der Waals surface area contributed by atoms with E-state index in [1.54, 1.807) is 0 Å². The summed E-state index contributed by atoms with van der Waals surface area (Å²) in [5.74, 6) is 0. The molecule has 0 aliphatic heterocycles. The minimum Gasteiger partial charge on any atom is -0.445 e. The molecule has 1 aromatic rings. The summed E-state index contributed by atoms with van der Waals surface area (Å²) < 4.78 is 10.3. The van der Waals surface area contributed by atoms with E-state index in [1.165, 1.54) is 6.08 Å². The molecule has 0 saturated carbocycles. The molecule has 1 atom stereocenters. The van der Waals surface area contributed by atoms with Gasteiger partial charge in [0.05, 0.1) is 19.3 Å². The Kier molecular flexibility index (Phi) is 8.10. The van der Waals surface area contributed by atoms with Gasteiger partial charge in [-0.25, -0.2) is 4.79 Å². The molecular weight excluding hydrogens is 258 g/mol. The smallest absolute Gasteiger partial charge is 0.407 e. The maximum atomic E-state index is 11.3. The molecule has 5 nitrogen and oxygen atoms in total. The molecule has 0 bridgehead atoms. The number of hydrogen-bond acceptors (Lipinski definition) is 4. The summed E-state index contributed by atoms with van der Waals surface area (Å²) >= 11 is 0. The number of carbonyl (C=O) groups excluding carboxylic acids is 1. The van der Waals surface area contributed by atoms with Gasteiger partial charge in [-0.1, -0.05) is 43.0 Å². The highest BCUT2D eigenvalue weighted by Gasteiger charge is 2.11. The zero-order valence-electron chi connectivity index (χ0n) is 11.5. The van der Waals surface area contributed by atoms with Crippen LogP contribution in [0, 0.1) is 0 Å². The standard InChI is InChI=1S/C15H21NO4/c1-2-9-20-15(18)16-14(11-17)8-10-19-12-13-6-4-3-5-7-13/h2-7,14,17H,1,8-12H2,(H,16,18)/t14-/m1/s1. The summed E-state index contributed by atoms with van der Waals surface area (Å²) in [6.45, 7) is 4.40. The van der Waals surface area contributed by atoms with Crippen molar-refractivity contribution in [2.75, 3.05) is 19.8 Å². The number of ether oxygens (including phenoxy) is 2. The van der Waals surface area contributed by atoms with Crippen molar-refractivity contribution in [1.82, 2.24) is 5.32 Å². The van der Waals surface area contributed by atoms with E-state index in [9.17, 15) is 9.90 Å². The van der Waals surface area contributed by atoms with Gasteiger partial charge < -0.3 is 19.9 Å². The number of amides is 1. The van der Waals surface area contributed by atoms with Gasteiger partial charge in [-0.15, -0.1) is 0 Å². The summed E-state index contributed by atoms with van der Waals surface area (Å²) in [5.41, 5.74) is 1.09. The summed E-state index contributed by atoms with van der Waals surface area (Å²) in [4.78, 5) is 11.3. The Bertz CT molecular complexity index is 394. The minimum absolute atomic E-state index is 0.147. The highest BCUT2D eigenvalue weighted by atomic mass is 16.5. The number of aliphatic hydroxyl groups excluding tert-OH is 1. The van der Waals surface area contributed by atoms with E-state index in [1.807, 2.05) is 30.3 Å². The molecule has 0 fully saturated rings. The number of nitrogens with one attached hydrogen (secondary N) is 1. The molecule has 0 aromatic heterocycles. The van der Waals surface area contributed by atoms with E-state index >= 15 is 0 Å². The van der Waals surface area contributed by atoms with Crippen LogP contribution in [0.3, 0.4) is 0 Å². The average Bonchev–Trinajstić information content (AvgIpc) is 2.49. The van der Waals surface area contributed by atoms with E-state index in [0.717, 1.165) is 5.56 Å². The van der Waals surface area contributed by atoms with Crippen molar-refractivity contribution in [2.24, 2.45) is 0 Å². The first-order valence-corrected chi connectivity index (χ1v) is 6.53. The van der Waals surface area contributed by atoms with Crippen molar-refractivity contribution < 1.29 is 19.4 Å². The Labute approximate surface area is 119 Å². The molecule has 20 heavy (non-hydrogen) atoms. The summed E-state index contributed by atoms with van der Waals surface area (Å²) in [6, 6.07) is 9.44. The summed E-state index contributed by atoms with van der Waals surface area (Å²) in [6.07, 6.45) is 1.44. The van der Waals surface area contributed by atoms with Gasteiger partial charge in [-0.05, 0) is 12.0 Å². The van der Waals surface area contributed by atoms with E-state index in [4.69, 9.17) is 9.47 Å². The quantitative estimate of drug-likeness (QED) is 0.535. The fourth-order valence-electron chi connectivity index (χ4n) is 1.54. The molecule has 1 amide bonds. The highest BCUT2D eigenvalue weighted by Crippen LogP contribution is 2.02. The average molecular weight is 279 g/mol. The molecule has 1 aromatic carbocycles. The Balaban J connectivity index is 2.17. The van der Waals surface area contributed by atoms with Crippen molar-refractivity contribution >= 4 is 6.09 Å². The molecule has 1 rings (SSSR count). The zero-order chi connectivity index (χ0) is 14.6. The fraction of sp³-hybridized carbons (Fsp3) is 0.400. The van der Waals surface area contributed by atoms with Gasteiger partial charge in [0.25, 0.3) is 0 Å². The minimum atomic E-state index is -0.563. The largest absolute Gasteiger partial charge is 0.445 e. The van der Waals surface area contributed by atoms with Crippen molar-refractivity contribution in [2.45, 2.75) is 19.1 Å². The molecule has 0 radical (unpaired) electrons. The molecule has 0 aliphatic rings. The van der Waals surface area contributed by atoms with Crippen molar-refractivity contribution in [3.05, 3.63) is 48.6 Å². The molecular formula is C15H21NO4. The molecule has 110 valence electrons. The van der Waals surface area contributed by atoms with Gasteiger partial charge in [-0.3, -0.25) is 0 Å². The number of carbonyl (C=O) groups is 1. The van der Waals surface area contributed by atoms with Crippen molar-refractivity contribution in [1.29, 1.82) is 0 Å². The summed E-state index contributed by atoms with van der Waals surface area (Å²) in [5, 5.41) is 11.7. The van der Waals surface area contributed by atoms with Gasteiger partial charge in [0, 0.05) is 6.61 Å². The van der Waals surface area contributed by atoms with Crippen LogP contribution in [-0.2, 0) is 16.1 Å². The number of alkyl carbamates (subject to hydrolysis) is 1. The topological polar surface area (TPSA) is 67.8 Å². The van der Waals surface area contributed by atoms with Gasteiger partial charge >= 0.3 is 6.09 Å². The lowest BCUT2D eigenvalue weighted by Crippen LogP contribution is -2.38. The maximum absolute atomic E-state index is 11.3. The van der Waals surface area contributed by atoms with Crippen molar-refractivity contribution in [3.63, 3.8) is 0 Å². The second-order valence-corrected chi connectivity index (χ2v) is 4.24. The van der Waals surface area contributed by atoms with Crippen LogP contribution in [-0.4, -0.2) is 37.1 Å². The Morgan fingerprint density at radius 3 is 2.80 bits per heavy atom. The first-order chi connectivity index (χ1) is 9.76. The lowest BCUT2D eigenvalue weighted by atomic mass is 10.2. The lowest BCUT2D eigenvalue weighted by Gasteiger charge is -2.15. The van der Waals surface area contributed by atoms with Crippen LogP contribution in [0.4, 0.5) is 4.79 Å². The Morgan fingerprint density at radius 1 is 1.40 bits per heavy atom. The van der Waals surface area contributed by atoms with E-state index < -0.39 is 6.09 Å². The lowest BCUT2D eigenvalue weighted by molar-refractivity contribution is 0.0979. The van der Waals surface area contributed by atoms with Gasteiger partial charge in [0.1, 0.15) is 6.61 Å². The molecule has 0 heterocycles. The van der Waals surface area contributed by atoms with Crippen LogP contribution < -0.4 is 5.32 Å². The Hall–Kier alpha value is -1.85. The number of benzene rings is 1. The monoisotopic (exact) mass is 279 g/mol. The second kappa shape index (κ2) is 10.00. The van der Waals surface area contributed by atoms with E-state index in [0.29, 0.717) is 19.6 Å². The molecule has 5 heteroatoms. The van der Waals surface area contributed by atoms with Gasteiger partial charge in [0.2, 0.25) is 0 Å². The Morgan fingerprint density at radius 2 is 2.15 bits per heavy atom. The van der Waals surface area contributed by atoms with Crippen LogP contribution in [0.15, 0.2) is 43.0 Å². The third kappa shape index (κ3) is 6.92. The predicted molar refractivity (Wildman–Crippen MR) is 76.3 cm³/mol. The fourth-order valence-corrected chi connectivity index (χ4v) is 1.54. The maximum Gasteiger partial charge on any atom is 0.407 e. The number of rotatable bonds is 9. The third-order valence-corrected chi connectivity index (χ3v) is 2.60. The van der Waals surface area contributed by atoms with Crippen molar-refractivity contribution in [3.8, 4) is 0 Å². The van der Waals surface area contributed by atoms with Crippen LogP contribution in [0.2, 0.25) is 0 Å². The first-order valence-electron chi connectivity index (χ1n) is 6.53. The molecule has 0 saturated heterocycles. The first kappa shape index (κ1) is 16.2. The normalized spacial score (nSPS) is 11.7. The van der Waals surface area contributed by atoms with Gasteiger partial charge in [0.15, 0.2) is 0 Å². The van der Waals surface area contributed by atoms with E-state index in [-0.39, 0.29) is 19.3 Å². The third-order valence-electron chi connectivity index (χ3n) is 2.60. The molecule has 2 N–H and O–H groups in total. The van der Waals surface area contributed by atoms with Gasteiger partial charge in [-0.2, -0.15) is 0 Å². The van der Waals surface area contributed by atoms with Crippen LogP contribution in [0.25, 0.3) is 0 Å². The predicted octanol–water partition coefficient (Wildman–Crippen LogP) is 1.87. The van der Waals surface area contributed by atoms with Crippen LogP contribution in [0.1, 0.15) is 12.0 Å². The number of hydrogen-bond donors (Lipinski definition) is 2. The van der Waals surface area contributed by atoms with Crippen LogP contribution in [0.5, 0.6) is 0 Å².